The Morgan fingerprint density at radius 3 is 2.90 bits per heavy atom. The van der Waals surface area contributed by atoms with Gasteiger partial charge in [0, 0.05) is 13.6 Å². The Bertz CT molecular complexity index is 548. The molecule has 0 bridgehead atoms. The zero-order valence-electron chi connectivity index (χ0n) is 12.0. The number of aryl methyl sites for hydroxylation is 1. The number of nitrogens with zero attached hydrogens (tertiary/aromatic N) is 7. The van der Waals surface area contributed by atoms with Crippen molar-refractivity contribution in [1.29, 1.82) is 0 Å². The molecule has 2 rings (SSSR count). The molecule has 0 saturated heterocycles. The normalized spacial score (nSPS) is 12.3. The Kier molecular flexibility index (Phi) is 4.44. The first kappa shape index (κ1) is 14.2. The topological polar surface area (TPSA) is 81.7 Å². The molecule has 0 saturated carbocycles. The minimum atomic E-state index is -0.167. The largest absolute Gasteiger partial charge is 0.338 e. The molecule has 0 unspecified atom stereocenters. The molecule has 0 radical (unpaired) electrons. The molecule has 1 amide bonds. The van der Waals surface area contributed by atoms with E-state index < -0.39 is 0 Å². The predicted molar refractivity (Wildman–Crippen MR) is 71.4 cm³/mol. The summed E-state index contributed by atoms with van der Waals surface area (Å²) in [4.78, 5) is 17.8. The zero-order chi connectivity index (χ0) is 14.5. The summed E-state index contributed by atoms with van der Waals surface area (Å²) in [6.07, 6.45) is 4.74. The van der Waals surface area contributed by atoms with Crippen molar-refractivity contribution in [3.63, 3.8) is 0 Å². The van der Waals surface area contributed by atoms with E-state index >= 15 is 0 Å². The van der Waals surface area contributed by atoms with Crippen molar-refractivity contribution in [2.75, 3.05) is 7.05 Å². The second kappa shape index (κ2) is 6.27. The fraction of sp³-hybridized carbons (Fsp3) is 0.583. The van der Waals surface area contributed by atoms with Crippen LogP contribution in [-0.2, 0) is 24.4 Å². The van der Waals surface area contributed by atoms with Crippen molar-refractivity contribution >= 4 is 5.91 Å². The third kappa shape index (κ3) is 3.19. The standard InChI is InChI=1S/C12H19N7O/c1-4-18-9-14-16-11(18)6-17(3)12(20)10(2)5-19-8-13-7-15-19/h7-10H,4-6H2,1-3H3/t10-/m1/s1. The molecule has 0 spiro atoms. The molecule has 2 aromatic heterocycles. The van der Waals surface area contributed by atoms with Crippen molar-refractivity contribution in [2.45, 2.75) is 33.5 Å². The third-order valence-electron chi connectivity index (χ3n) is 3.14. The Morgan fingerprint density at radius 2 is 2.25 bits per heavy atom. The van der Waals surface area contributed by atoms with Gasteiger partial charge in [0.1, 0.15) is 19.0 Å². The van der Waals surface area contributed by atoms with E-state index in [0.717, 1.165) is 12.4 Å². The van der Waals surface area contributed by atoms with Crippen molar-refractivity contribution in [3.05, 3.63) is 24.8 Å². The fourth-order valence-electron chi connectivity index (χ4n) is 2.02. The Labute approximate surface area is 117 Å². The van der Waals surface area contributed by atoms with Gasteiger partial charge in [-0.2, -0.15) is 5.10 Å². The van der Waals surface area contributed by atoms with Gasteiger partial charge in [0.15, 0.2) is 5.82 Å². The number of aromatic nitrogens is 6. The molecule has 1 atom stereocenters. The molecule has 0 N–H and O–H groups in total. The SMILES string of the molecule is CCn1cnnc1CN(C)C(=O)[C@H](C)Cn1cncn1. The van der Waals surface area contributed by atoms with Gasteiger partial charge in [0.25, 0.3) is 0 Å². The molecule has 0 fully saturated rings. The summed E-state index contributed by atoms with van der Waals surface area (Å²) in [6, 6.07) is 0. The van der Waals surface area contributed by atoms with Crippen molar-refractivity contribution in [3.8, 4) is 0 Å². The van der Waals surface area contributed by atoms with E-state index in [1.165, 1.54) is 6.33 Å². The highest BCUT2D eigenvalue weighted by molar-refractivity contribution is 5.78. The highest BCUT2D eigenvalue weighted by Gasteiger charge is 2.19. The van der Waals surface area contributed by atoms with E-state index in [9.17, 15) is 4.79 Å². The maximum absolute atomic E-state index is 12.3. The van der Waals surface area contributed by atoms with Gasteiger partial charge in [-0.25, -0.2) is 4.98 Å². The minimum absolute atomic E-state index is 0.0474. The lowest BCUT2D eigenvalue weighted by Crippen LogP contribution is -2.34. The van der Waals surface area contributed by atoms with Crippen LogP contribution in [0.25, 0.3) is 0 Å². The zero-order valence-corrected chi connectivity index (χ0v) is 12.0. The van der Waals surface area contributed by atoms with E-state index in [1.807, 2.05) is 18.4 Å². The third-order valence-corrected chi connectivity index (χ3v) is 3.14. The van der Waals surface area contributed by atoms with Crippen LogP contribution in [0.15, 0.2) is 19.0 Å². The summed E-state index contributed by atoms with van der Waals surface area (Å²) < 4.78 is 3.58. The van der Waals surface area contributed by atoms with Gasteiger partial charge >= 0.3 is 0 Å². The lowest BCUT2D eigenvalue weighted by molar-refractivity contribution is -0.134. The van der Waals surface area contributed by atoms with Crippen LogP contribution in [0.5, 0.6) is 0 Å². The van der Waals surface area contributed by atoms with Crippen LogP contribution in [0.4, 0.5) is 0 Å². The Morgan fingerprint density at radius 1 is 1.45 bits per heavy atom. The minimum Gasteiger partial charge on any atom is -0.338 e. The van der Waals surface area contributed by atoms with Gasteiger partial charge in [-0.15, -0.1) is 10.2 Å². The van der Waals surface area contributed by atoms with Crippen molar-refractivity contribution < 1.29 is 4.79 Å². The molecule has 0 aliphatic heterocycles. The molecule has 20 heavy (non-hydrogen) atoms. The molecule has 0 aliphatic rings. The van der Waals surface area contributed by atoms with Gasteiger partial charge < -0.3 is 9.47 Å². The quantitative estimate of drug-likeness (QED) is 0.752. The van der Waals surface area contributed by atoms with Crippen LogP contribution in [-0.4, -0.2) is 47.4 Å². The van der Waals surface area contributed by atoms with Gasteiger partial charge in [0.05, 0.1) is 19.0 Å². The fourth-order valence-corrected chi connectivity index (χ4v) is 2.02. The second-order valence-electron chi connectivity index (χ2n) is 4.75. The highest BCUT2D eigenvalue weighted by Crippen LogP contribution is 2.07. The van der Waals surface area contributed by atoms with Crippen LogP contribution in [0, 0.1) is 5.92 Å². The van der Waals surface area contributed by atoms with E-state index in [4.69, 9.17) is 0 Å². The molecule has 0 aliphatic carbocycles. The van der Waals surface area contributed by atoms with Crippen LogP contribution in [0.3, 0.4) is 0 Å². The molecule has 2 heterocycles. The molecule has 0 aromatic carbocycles. The predicted octanol–water partition coefficient (Wildman–Crippen LogP) is 0.184. The number of rotatable bonds is 6. The van der Waals surface area contributed by atoms with Crippen LogP contribution in [0.2, 0.25) is 0 Å². The van der Waals surface area contributed by atoms with Gasteiger partial charge in [-0.05, 0) is 6.92 Å². The first-order valence-corrected chi connectivity index (χ1v) is 6.55. The summed E-state index contributed by atoms with van der Waals surface area (Å²) in [7, 11) is 1.77. The number of hydrogen-bond acceptors (Lipinski definition) is 5. The smallest absolute Gasteiger partial charge is 0.227 e. The van der Waals surface area contributed by atoms with Gasteiger partial charge in [-0.1, -0.05) is 6.92 Å². The number of carbonyl (C=O) groups excluding carboxylic acids is 1. The molecular formula is C12H19N7O. The van der Waals surface area contributed by atoms with Gasteiger partial charge in [-0.3, -0.25) is 9.48 Å². The van der Waals surface area contributed by atoms with Gasteiger partial charge in [0.2, 0.25) is 5.91 Å². The first-order valence-electron chi connectivity index (χ1n) is 6.55. The molecule has 8 heteroatoms. The highest BCUT2D eigenvalue weighted by atomic mass is 16.2. The number of amides is 1. The van der Waals surface area contributed by atoms with E-state index in [2.05, 4.69) is 20.3 Å². The molecule has 8 nitrogen and oxygen atoms in total. The molecular weight excluding hydrogens is 258 g/mol. The Hall–Kier alpha value is -2.25. The monoisotopic (exact) mass is 277 g/mol. The number of carbonyl (C=O) groups is 1. The Balaban J connectivity index is 1.94. The maximum atomic E-state index is 12.3. The van der Waals surface area contributed by atoms with E-state index in [-0.39, 0.29) is 11.8 Å². The summed E-state index contributed by atoms with van der Waals surface area (Å²) in [6.45, 7) is 5.66. The van der Waals surface area contributed by atoms with Crippen molar-refractivity contribution in [1.82, 2.24) is 34.4 Å². The molecule has 2 aromatic rings. The summed E-state index contributed by atoms with van der Waals surface area (Å²) in [5.41, 5.74) is 0. The average Bonchev–Trinajstić information content (AvgIpc) is 3.08. The van der Waals surface area contributed by atoms with Crippen molar-refractivity contribution in [2.24, 2.45) is 5.92 Å². The maximum Gasteiger partial charge on any atom is 0.227 e. The van der Waals surface area contributed by atoms with E-state index in [1.54, 1.807) is 29.3 Å². The van der Waals surface area contributed by atoms with Crippen LogP contribution < -0.4 is 0 Å². The van der Waals surface area contributed by atoms with Crippen LogP contribution in [0.1, 0.15) is 19.7 Å². The summed E-state index contributed by atoms with van der Waals surface area (Å²) in [5, 5.41) is 11.9. The molecule has 108 valence electrons. The van der Waals surface area contributed by atoms with E-state index in [0.29, 0.717) is 13.1 Å². The average molecular weight is 277 g/mol. The number of hydrogen-bond donors (Lipinski definition) is 0. The second-order valence-corrected chi connectivity index (χ2v) is 4.75. The first-order chi connectivity index (χ1) is 9.61. The van der Waals surface area contributed by atoms with Crippen LogP contribution >= 0.6 is 0 Å². The lowest BCUT2D eigenvalue weighted by Gasteiger charge is -2.21. The summed E-state index contributed by atoms with van der Waals surface area (Å²) >= 11 is 0. The summed E-state index contributed by atoms with van der Waals surface area (Å²) in [5.74, 6) is 0.669. The lowest BCUT2D eigenvalue weighted by atomic mass is 10.1.